The van der Waals surface area contributed by atoms with Gasteiger partial charge in [-0.1, -0.05) is 11.6 Å². The van der Waals surface area contributed by atoms with Gasteiger partial charge >= 0.3 is 5.97 Å². The molecule has 0 aliphatic carbocycles. The molecule has 1 saturated heterocycles. The first-order valence-corrected chi connectivity index (χ1v) is 9.44. The molecule has 1 atom stereocenters. The zero-order valence-electron chi connectivity index (χ0n) is 16.1. The maximum Gasteiger partial charge on any atom is 0.308 e. The molecule has 1 aromatic rings. The summed E-state index contributed by atoms with van der Waals surface area (Å²) in [5.41, 5.74) is 0. The summed E-state index contributed by atoms with van der Waals surface area (Å²) in [6.45, 7) is 6.95. The zero-order valence-corrected chi connectivity index (χ0v) is 19.2. The minimum atomic E-state index is -0.114. The molecule has 1 aliphatic rings. The van der Waals surface area contributed by atoms with E-state index < -0.39 is 0 Å². The smallest absolute Gasteiger partial charge is 0.308 e. The van der Waals surface area contributed by atoms with Crippen molar-refractivity contribution < 1.29 is 14.3 Å². The van der Waals surface area contributed by atoms with E-state index in [2.05, 4.69) is 10.2 Å². The third-order valence-corrected chi connectivity index (χ3v) is 4.56. The Morgan fingerprint density at radius 1 is 1.33 bits per heavy atom. The molecular formula is C19H29ClIN3O3. The molecule has 27 heavy (non-hydrogen) atoms. The second kappa shape index (κ2) is 12.3. The number of halogens is 2. The predicted molar refractivity (Wildman–Crippen MR) is 119 cm³/mol. The Morgan fingerprint density at radius 2 is 1.96 bits per heavy atom. The van der Waals surface area contributed by atoms with Crippen LogP contribution in [0.3, 0.4) is 0 Å². The number of carbonyl (C=O) groups is 1. The molecule has 6 nitrogen and oxygen atoms in total. The molecule has 8 heteroatoms. The molecule has 0 saturated carbocycles. The van der Waals surface area contributed by atoms with Gasteiger partial charge in [0, 0.05) is 24.7 Å². The van der Waals surface area contributed by atoms with E-state index in [9.17, 15) is 4.79 Å². The number of aliphatic imine (C=N–C) groups is 1. The number of benzene rings is 1. The number of rotatable bonds is 6. The van der Waals surface area contributed by atoms with Gasteiger partial charge < -0.3 is 19.7 Å². The first kappa shape index (κ1) is 23.8. The SMILES string of the molecule is CCNC(=NCC(C)Oc1ccc(Cl)cc1)N1CCC(C(=O)OC)CC1.I. The fourth-order valence-electron chi connectivity index (χ4n) is 2.92. The van der Waals surface area contributed by atoms with Crippen molar-refractivity contribution in [1.29, 1.82) is 0 Å². The topological polar surface area (TPSA) is 63.2 Å². The number of hydrogen-bond donors (Lipinski definition) is 1. The van der Waals surface area contributed by atoms with E-state index in [-0.39, 0.29) is 42.0 Å². The van der Waals surface area contributed by atoms with Crippen molar-refractivity contribution in [1.82, 2.24) is 10.2 Å². The predicted octanol–water partition coefficient (Wildman–Crippen LogP) is 3.58. The van der Waals surface area contributed by atoms with Crippen molar-refractivity contribution in [3.05, 3.63) is 29.3 Å². The molecule has 0 spiro atoms. The van der Waals surface area contributed by atoms with E-state index in [1.807, 2.05) is 38.1 Å². The minimum Gasteiger partial charge on any atom is -0.489 e. The van der Waals surface area contributed by atoms with Gasteiger partial charge in [-0.15, -0.1) is 24.0 Å². The normalized spacial score (nSPS) is 16.3. The highest BCUT2D eigenvalue weighted by Crippen LogP contribution is 2.19. The van der Waals surface area contributed by atoms with Crippen LogP contribution in [-0.4, -0.2) is 56.2 Å². The third kappa shape index (κ3) is 7.73. The molecule has 0 amide bonds. The quantitative estimate of drug-likeness (QED) is 0.275. The van der Waals surface area contributed by atoms with Gasteiger partial charge in [-0.3, -0.25) is 4.79 Å². The van der Waals surface area contributed by atoms with Gasteiger partial charge in [-0.25, -0.2) is 4.99 Å². The summed E-state index contributed by atoms with van der Waals surface area (Å²) in [6, 6.07) is 7.32. The summed E-state index contributed by atoms with van der Waals surface area (Å²) in [5, 5.41) is 4.01. The van der Waals surface area contributed by atoms with Crippen LogP contribution in [0.2, 0.25) is 5.02 Å². The lowest BCUT2D eigenvalue weighted by molar-refractivity contribution is -0.146. The van der Waals surface area contributed by atoms with Crippen LogP contribution >= 0.6 is 35.6 Å². The highest BCUT2D eigenvalue weighted by Gasteiger charge is 2.27. The van der Waals surface area contributed by atoms with Crippen LogP contribution in [0.25, 0.3) is 0 Å². The highest BCUT2D eigenvalue weighted by molar-refractivity contribution is 14.0. The van der Waals surface area contributed by atoms with Gasteiger partial charge in [0.15, 0.2) is 5.96 Å². The summed E-state index contributed by atoms with van der Waals surface area (Å²) < 4.78 is 10.7. The molecular weight excluding hydrogens is 481 g/mol. The number of carbonyl (C=O) groups excluding carboxylic acids is 1. The van der Waals surface area contributed by atoms with Crippen LogP contribution in [0.1, 0.15) is 26.7 Å². The van der Waals surface area contributed by atoms with Crippen molar-refractivity contribution in [2.75, 3.05) is 33.3 Å². The first-order chi connectivity index (χ1) is 12.5. The van der Waals surface area contributed by atoms with Crippen molar-refractivity contribution in [2.24, 2.45) is 10.9 Å². The lowest BCUT2D eigenvalue weighted by Gasteiger charge is -2.33. The van der Waals surface area contributed by atoms with Gasteiger partial charge in [0.1, 0.15) is 11.9 Å². The highest BCUT2D eigenvalue weighted by atomic mass is 127. The van der Waals surface area contributed by atoms with E-state index >= 15 is 0 Å². The number of piperidine rings is 1. The van der Waals surface area contributed by atoms with E-state index in [4.69, 9.17) is 26.1 Å². The number of likely N-dealkylation sites (tertiary alicyclic amines) is 1. The summed E-state index contributed by atoms with van der Waals surface area (Å²) in [7, 11) is 1.45. The standard InChI is InChI=1S/C19H28ClN3O3.HI/c1-4-21-19(23-11-9-15(10-12-23)18(24)25-3)22-13-14(2)26-17-7-5-16(20)6-8-17;/h5-8,14-15H,4,9-13H2,1-3H3,(H,21,22);1H. The maximum absolute atomic E-state index is 11.7. The molecule has 0 bridgehead atoms. The third-order valence-electron chi connectivity index (χ3n) is 4.31. The van der Waals surface area contributed by atoms with Gasteiger partial charge in [-0.2, -0.15) is 0 Å². The number of methoxy groups -OCH3 is 1. The van der Waals surface area contributed by atoms with Crippen molar-refractivity contribution in [3.8, 4) is 5.75 Å². The second-order valence-corrected chi connectivity index (χ2v) is 6.80. The average Bonchev–Trinajstić information content (AvgIpc) is 2.66. The molecule has 1 heterocycles. The van der Waals surface area contributed by atoms with Crippen LogP contribution in [0, 0.1) is 5.92 Å². The van der Waals surface area contributed by atoms with Crippen molar-refractivity contribution in [2.45, 2.75) is 32.8 Å². The van der Waals surface area contributed by atoms with Gasteiger partial charge in [0.05, 0.1) is 19.6 Å². The number of esters is 1. The molecule has 1 unspecified atom stereocenters. The molecule has 0 radical (unpaired) electrons. The monoisotopic (exact) mass is 509 g/mol. The molecule has 1 aliphatic heterocycles. The first-order valence-electron chi connectivity index (χ1n) is 9.06. The Labute approximate surface area is 183 Å². The van der Waals surface area contributed by atoms with Crippen LogP contribution < -0.4 is 10.1 Å². The Balaban J connectivity index is 0.00000364. The fourth-order valence-corrected chi connectivity index (χ4v) is 3.04. The maximum atomic E-state index is 11.7. The lowest BCUT2D eigenvalue weighted by atomic mass is 9.97. The Hall–Kier alpha value is -1.22. The van der Waals surface area contributed by atoms with Crippen LogP contribution in [0.4, 0.5) is 0 Å². The van der Waals surface area contributed by atoms with E-state index in [0.717, 1.165) is 44.2 Å². The molecule has 1 aromatic carbocycles. The Morgan fingerprint density at radius 3 is 2.52 bits per heavy atom. The summed E-state index contributed by atoms with van der Waals surface area (Å²) >= 11 is 5.89. The summed E-state index contributed by atoms with van der Waals surface area (Å²) in [4.78, 5) is 18.6. The zero-order chi connectivity index (χ0) is 18.9. The number of nitrogens with one attached hydrogen (secondary N) is 1. The average molecular weight is 510 g/mol. The van der Waals surface area contributed by atoms with E-state index in [1.54, 1.807) is 0 Å². The fraction of sp³-hybridized carbons (Fsp3) is 0.579. The number of hydrogen-bond acceptors (Lipinski definition) is 4. The van der Waals surface area contributed by atoms with Gasteiger partial charge in [0.2, 0.25) is 0 Å². The minimum absolute atomic E-state index is 0. The molecule has 0 aromatic heterocycles. The van der Waals surface area contributed by atoms with Gasteiger partial charge in [0.25, 0.3) is 0 Å². The summed E-state index contributed by atoms with van der Waals surface area (Å²) in [6.07, 6.45) is 1.51. The molecule has 1 N–H and O–H groups in total. The van der Waals surface area contributed by atoms with Crippen LogP contribution in [0.5, 0.6) is 5.75 Å². The van der Waals surface area contributed by atoms with Crippen LogP contribution in [0.15, 0.2) is 29.3 Å². The van der Waals surface area contributed by atoms with Crippen molar-refractivity contribution >= 4 is 47.5 Å². The van der Waals surface area contributed by atoms with E-state index in [1.165, 1.54) is 7.11 Å². The van der Waals surface area contributed by atoms with Crippen LogP contribution in [-0.2, 0) is 9.53 Å². The van der Waals surface area contributed by atoms with Gasteiger partial charge in [-0.05, 0) is 51.0 Å². The number of nitrogens with zero attached hydrogens (tertiary/aromatic N) is 2. The number of guanidine groups is 1. The molecule has 2 rings (SSSR count). The second-order valence-electron chi connectivity index (χ2n) is 6.36. The summed E-state index contributed by atoms with van der Waals surface area (Å²) in [5.74, 6) is 1.52. The van der Waals surface area contributed by atoms with E-state index in [0.29, 0.717) is 11.6 Å². The van der Waals surface area contributed by atoms with Crippen molar-refractivity contribution in [3.63, 3.8) is 0 Å². The Kier molecular flexibility index (Phi) is 10.8. The lowest BCUT2D eigenvalue weighted by Crippen LogP contribution is -2.47. The molecule has 152 valence electrons. The number of ether oxygens (including phenoxy) is 2. The Bertz CT molecular complexity index is 605. The largest absolute Gasteiger partial charge is 0.489 e. The molecule has 1 fully saturated rings.